The number of halogens is 2. The van der Waals surface area contributed by atoms with Crippen molar-refractivity contribution in [3.63, 3.8) is 0 Å². The van der Waals surface area contributed by atoms with Gasteiger partial charge in [0.15, 0.2) is 0 Å². The first-order chi connectivity index (χ1) is 9.31. The van der Waals surface area contributed by atoms with Crippen molar-refractivity contribution < 1.29 is 19.2 Å². The molecule has 108 valence electrons. The van der Waals surface area contributed by atoms with E-state index in [4.69, 9.17) is 5.11 Å². The number of nitro groups is 1. The topological polar surface area (TPSA) is 83.7 Å². The highest BCUT2D eigenvalue weighted by molar-refractivity contribution is 14.1. The fourth-order valence-electron chi connectivity index (χ4n) is 2.15. The number of hydrogen-bond donors (Lipinski definition) is 1. The summed E-state index contributed by atoms with van der Waals surface area (Å²) >= 11 is 1.70. The van der Waals surface area contributed by atoms with Crippen LogP contribution >= 0.6 is 22.6 Å². The number of aliphatic carboxylic acids is 1. The second-order valence-corrected chi connectivity index (χ2v) is 5.97. The third-order valence-corrected chi connectivity index (χ3v) is 4.39. The van der Waals surface area contributed by atoms with Crippen LogP contribution in [0.3, 0.4) is 0 Å². The van der Waals surface area contributed by atoms with E-state index in [-0.39, 0.29) is 20.9 Å². The quantitative estimate of drug-likeness (QED) is 0.482. The van der Waals surface area contributed by atoms with Gasteiger partial charge in [-0.25, -0.2) is 4.39 Å². The minimum Gasteiger partial charge on any atom is -0.481 e. The molecule has 1 aromatic rings. The lowest BCUT2D eigenvalue weighted by Crippen LogP contribution is -2.51. The van der Waals surface area contributed by atoms with Gasteiger partial charge in [0.2, 0.25) is 0 Å². The number of benzene rings is 1. The van der Waals surface area contributed by atoms with Crippen molar-refractivity contribution in [1.82, 2.24) is 0 Å². The van der Waals surface area contributed by atoms with E-state index in [1.165, 1.54) is 6.07 Å². The molecule has 1 saturated heterocycles. The Morgan fingerprint density at radius 1 is 1.60 bits per heavy atom. The molecule has 2 rings (SSSR count). The predicted octanol–water partition coefficient (Wildman–Crippen LogP) is 2.50. The zero-order valence-electron chi connectivity index (χ0n) is 10.5. The molecule has 0 amide bonds. The van der Waals surface area contributed by atoms with Gasteiger partial charge < -0.3 is 10.0 Å². The van der Waals surface area contributed by atoms with Crippen LogP contribution in [0.25, 0.3) is 0 Å². The van der Waals surface area contributed by atoms with Crippen LogP contribution in [0.2, 0.25) is 0 Å². The number of rotatable bonds is 4. The van der Waals surface area contributed by atoms with Gasteiger partial charge in [-0.1, -0.05) is 6.92 Å². The molecule has 1 heterocycles. The fraction of sp³-hybridized carbons (Fsp3) is 0.417. The van der Waals surface area contributed by atoms with Gasteiger partial charge >= 0.3 is 5.97 Å². The summed E-state index contributed by atoms with van der Waals surface area (Å²) in [7, 11) is 0. The predicted molar refractivity (Wildman–Crippen MR) is 78.3 cm³/mol. The highest BCUT2D eigenvalue weighted by atomic mass is 127. The molecule has 1 atom stereocenters. The minimum absolute atomic E-state index is 0.0746. The number of anilines is 1. The molecule has 8 heteroatoms. The van der Waals surface area contributed by atoms with Crippen LogP contribution in [0.5, 0.6) is 0 Å². The van der Waals surface area contributed by atoms with Crippen LogP contribution in [0, 0.1) is 31.3 Å². The summed E-state index contributed by atoms with van der Waals surface area (Å²) in [6.45, 7) is 2.37. The minimum atomic E-state index is -0.891. The monoisotopic (exact) mass is 394 g/mol. The summed E-state index contributed by atoms with van der Waals surface area (Å²) in [6.07, 6.45) is 0. The van der Waals surface area contributed by atoms with Gasteiger partial charge in [-0.3, -0.25) is 14.9 Å². The molecule has 1 aliphatic heterocycles. The lowest BCUT2D eigenvalue weighted by Gasteiger charge is -2.42. The maximum absolute atomic E-state index is 13.6. The number of hydrogen-bond acceptors (Lipinski definition) is 4. The third-order valence-electron chi connectivity index (χ3n) is 3.56. The average Bonchev–Trinajstić information content (AvgIpc) is 2.30. The maximum atomic E-state index is 13.6. The molecule has 0 saturated carbocycles. The van der Waals surface area contributed by atoms with Crippen LogP contribution < -0.4 is 4.90 Å². The SMILES string of the molecule is CC(C(=O)O)C1CN(c2cc(F)c(I)cc2[N+](=O)[O-])C1. The molecule has 0 radical (unpaired) electrons. The molecule has 1 fully saturated rings. The summed E-state index contributed by atoms with van der Waals surface area (Å²) < 4.78 is 13.8. The van der Waals surface area contributed by atoms with Gasteiger partial charge in [-0.15, -0.1) is 0 Å². The molecule has 0 bridgehead atoms. The van der Waals surface area contributed by atoms with E-state index in [1.54, 1.807) is 34.4 Å². The molecular formula is C12H12FIN2O4. The van der Waals surface area contributed by atoms with Crippen LogP contribution in [-0.4, -0.2) is 29.1 Å². The van der Waals surface area contributed by atoms with Gasteiger partial charge in [-0.2, -0.15) is 0 Å². The zero-order valence-corrected chi connectivity index (χ0v) is 12.7. The molecule has 0 aliphatic carbocycles. The number of carbonyl (C=O) groups is 1. The van der Waals surface area contributed by atoms with Crippen molar-refractivity contribution in [2.45, 2.75) is 6.92 Å². The first kappa shape index (κ1) is 14.9. The lowest BCUT2D eigenvalue weighted by molar-refractivity contribution is -0.384. The Hall–Kier alpha value is -1.45. The van der Waals surface area contributed by atoms with E-state index in [1.807, 2.05) is 0 Å². The largest absolute Gasteiger partial charge is 0.481 e. The second kappa shape index (κ2) is 5.51. The Morgan fingerprint density at radius 3 is 2.70 bits per heavy atom. The Morgan fingerprint density at radius 2 is 2.20 bits per heavy atom. The van der Waals surface area contributed by atoms with Crippen molar-refractivity contribution in [2.24, 2.45) is 11.8 Å². The molecule has 1 unspecified atom stereocenters. The van der Waals surface area contributed by atoms with E-state index in [9.17, 15) is 19.3 Å². The van der Waals surface area contributed by atoms with Crippen LogP contribution in [0.4, 0.5) is 15.8 Å². The molecular weight excluding hydrogens is 382 g/mol. The first-order valence-corrected chi connectivity index (χ1v) is 7.00. The number of nitro benzene ring substituents is 1. The summed E-state index contributed by atoms with van der Waals surface area (Å²) in [5, 5.41) is 19.9. The van der Waals surface area contributed by atoms with Gasteiger partial charge in [0.25, 0.3) is 5.69 Å². The Kier molecular flexibility index (Phi) is 4.11. The summed E-state index contributed by atoms with van der Waals surface area (Å²) in [6, 6.07) is 2.33. The Balaban J connectivity index is 2.21. The molecule has 20 heavy (non-hydrogen) atoms. The third kappa shape index (κ3) is 2.69. The standard InChI is InChI=1S/C12H12FIN2O4/c1-6(12(17)18)7-4-15(5-7)10-2-8(13)9(14)3-11(10)16(19)20/h2-3,6-7H,4-5H2,1H3,(H,17,18). The summed E-state index contributed by atoms with van der Waals surface area (Å²) in [5.41, 5.74) is 0.0546. The zero-order chi connectivity index (χ0) is 15.0. The highest BCUT2D eigenvalue weighted by Gasteiger charge is 2.37. The fourth-order valence-corrected chi connectivity index (χ4v) is 2.60. The van der Waals surface area contributed by atoms with Crippen LogP contribution in [0.15, 0.2) is 12.1 Å². The molecule has 0 aromatic heterocycles. The van der Waals surface area contributed by atoms with E-state index in [0.29, 0.717) is 13.1 Å². The molecule has 0 spiro atoms. The normalized spacial score (nSPS) is 16.6. The smallest absolute Gasteiger partial charge is 0.306 e. The lowest BCUT2D eigenvalue weighted by atomic mass is 9.86. The van der Waals surface area contributed by atoms with E-state index < -0.39 is 22.6 Å². The number of carboxylic acids is 1. The average molecular weight is 394 g/mol. The van der Waals surface area contributed by atoms with Crippen molar-refractivity contribution in [3.8, 4) is 0 Å². The van der Waals surface area contributed by atoms with Crippen molar-refractivity contribution in [1.29, 1.82) is 0 Å². The molecule has 1 aliphatic rings. The molecule has 1 N–H and O–H groups in total. The van der Waals surface area contributed by atoms with E-state index in [2.05, 4.69) is 0 Å². The van der Waals surface area contributed by atoms with Crippen LogP contribution in [-0.2, 0) is 4.79 Å². The number of nitrogens with zero attached hydrogens (tertiary/aromatic N) is 2. The van der Waals surface area contributed by atoms with Gasteiger partial charge in [0, 0.05) is 31.1 Å². The Bertz CT molecular complexity index is 575. The Labute approximate surface area is 127 Å². The first-order valence-electron chi connectivity index (χ1n) is 5.92. The molecule has 6 nitrogen and oxygen atoms in total. The van der Waals surface area contributed by atoms with E-state index in [0.717, 1.165) is 6.07 Å². The van der Waals surface area contributed by atoms with Crippen LogP contribution in [0.1, 0.15) is 6.92 Å². The second-order valence-electron chi connectivity index (χ2n) is 4.80. The van der Waals surface area contributed by atoms with Crippen molar-refractivity contribution in [2.75, 3.05) is 18.0 Å². The maximum Gasteiger partial charge on any atom is 0.306 e. The van der Waals surface area contributed by atoms with Crippen molar-refractivity contribution >= 4 is 39.9 Å². The molecule has 1 aromatic carbocycles. The van der Waals surface area contributed by atoms with Gasteiger partial charge in [0.1, 0.15) is 11.5 Å². The van der Waals surface area contributed by atoms with E-state index >= 15 is 0 Å². The summed E-state index contributed by atoms with van der Waals surface area (Å²) in [5.74, 6) is -1.99. The van der Waals surface area contributed by atoms with Gasteiger partial charge in [0.05, 0.1) is 14.4 Å². The van der Waals surface area contributed by atoms with Gasteiger partial charge in [-0.05, 0) is 22.6 Å². The highest BCUT2D eigenvalue weighted by Crippen LogP contribution is 2.37. The number of carboxylic acid groups (broad SMARTS) is 1. The summed E-state index contributed by atoms with van der Waals surface area (Å²) in [4.78, 5) is 23.0. The van der Waals surface area contributed by atoms with Crippen molar-refractivity contribution in [3.05, 3.63) is 31.6 Å².